The highest BCUT2D eigenvalue weighted by Crippen LogP contribution is 2.18. The van der Waals surface area contributed by atoms with Crippen molar-refractivity contribution in [3.8, 4) is 5.75 Å². The second-order valence-corrected chi connectivity index (χ2v) is 4.26. The fraction of sp³-hybridized carbons (Fsp3) is 0.529. The van der Waals surface area contributed by atoms with Crippen LogP contribution < -0.4 is 4.74 Å². The largest absolute Gasteiger partial charge is 0.495 e. The third kappa shape index (κ3) is 5.25. The van der Waals surface area contributed by atoms with Crippen LogP contribution in [0.4, 0.5) is 0 Å². The van der Waals surface area contributed by atoms with E-state index in [-0.39, 0.29) is 0 Å². The van der Waals surface area contributed by atoms with Crippen molar-refractivity contribution in [3.63, 3.8) is 0 Å². The van der Waals surface area contributed by atoms with Gasteiger partial charge < -0.3 is 14.0 Å². The van der Waals surface area contributed by atoms with Crippen LogP contribution in [0.3, 0.4) is 0 Å². The summed E-state index contributed by atoms with van der Waals surface area (Å²) in [7, 11) is 5.89. The molecular formula is C17H30N2O. The Morgan fingerprint density at radius 3 is 2.25 bits per heavy atom. The summed E-state index contributed by atoms with van der Waals surface area (Å²) in [6, 6.07) is 6.30. The molecule has 3 heteroatoms. The molecule has 0 N–H and O–H groups in total. The first kappa shape index (κ1) is 18.5. The lowest BCUT2D eigenvalue weighted by Gasteiger charge is -2.08. The van der Waals surface area contributed by atoms with E-state index in [0.717, 1.165) is 18.7 Å². The van der Waals surface area contributed by atoms with Crippen LogP contribution in [0.15, 0.2) is 30.6 Å². The van der Waals surface area contributed by atoms with Crippen molar-refractivity contribution in [2.24, 2.45) is 0 Å². The van der Waals surface area contributed by atoms with Crippen LogP contribution in [0.5, 0.6) is 5.75 Å². The van der Waals surface area contributed by atoms with Gasteiger partial charge in [-0.3, -0.25) is 0 Å². The van der Waals surface area contributed by atoms with Crippen molar-refractivity contribution in [1.82, 2.24) is 9.30 Å². The molecule has 2 heterocycles. The molecule has 2 aromatic rings. The van der Waals surface area contributed by atoms with Crippen molar-refractivity contribution >= 4 is 5.52 Å². The smallest absolute Gasteiger partial charge is 0.135 e. The number of hydrogen-bond donors (Lipinski definition) is 0. The molecule has 2 rings (SSSR count). The predicted molar refractivity (Wildman–Crippen MR) is 88.9 cm³/mol. The van der Waals surface area contributed by atoms with E-state index in [0.29, 0.717) is 0 Å². The lowest BCUT2D eigenvalue weighted by molar-refractivity contribution is 0.412. The number of nitrogens with zero attached hydrogens (tertiary/aromatic N) is 2. The lowest BCUT2D eigenvalue weighted by atomic mass is 10.2. The monoisotopic (exact) mass is 278 g/mol. The maximum absolute atomic E-state index is 5.20. The number of aromatic nitrogens is 1. The second-order valence-electron chi connectivity index (χ2n) is 4.26. The number of hydrogen-bond acceptors (Lipinski definition) is 2. The molecular weight excluding hydrogens is 248 g/mol. The van der Waals surface area contributed by atoms with E-state index in [1.807, 2.05) is 40.0 Å². The van der Waals surface area contributed by atoms with Gasteiger partial charge in [-0.2, -0.15) is 0 Å². The predicted octanol–water partition coefficient (Wildman–Crippen LogP) is 4.10. The highest BCUT2D eigenvalue weighted by molar-refractivity contribution is 5.57. The number of fused-ring (bicyclic) bond motifs is 1. The molecule has 0 saturated carbocycles. The molecule has 0 saturated heterocycles. The molecule has 0 bridgehead atoms. The van der Waals surface area contributed by atoms with Gasteiger partial charge in [0.1, 0.15) is 5.75 Å². The molecule has 114 valence electrons. The lowest BCUT2D eigenvalue weighted by Crippen LogP contribution is -2.14. The molecule has 0 radical (unpaired) electrons. The van der Waals surface area contributed by atoms with Crippen LogP contribution in [0.2, 0.25) is 0 Å². The van der Waals surface area contributed by atoms with E-state index in [1.165, 1.54) is 11.1 Å². The Balaban J connectivity index is 0.000000829. The van der Waals surface area contributed by atoms with Gasteiger partial charge in [0.15, 0.2) is 0 Å². The first-order valence-electron chi connectivity index (χ1n) is 7.49. The van der Waals surface area contributed by atoms with Gasteiger partial charge in [-0.15, -0.1) is 0 Å². The summed E-state index contributed by atoms with van der Waals surface area (Å²) in [6.07, 6.45) is 5.17. The van der Waals surface area contributed by atoms with Crippen LogP contribution >= 0.6 is 0 Å². The van der Waals surface area contributed by atoms with E-state index < -0.39 is 0 Å². The van der Waals surface area contributed by atoms with Crippen LogP contribution in [0.25, 0.3) is 5.52 Å². The minimum absolute atomic E-state index is 0.891. The average Bonchev–Trinajstić information content (AvgIpc) is 2.91. The van der Waals surface area contributed by atoms with Crippen molar-refractivity contribution in [2.75, 3.05) is 27.7 Å². The molecule has 0 aliphatic carbocycles. The maximum Gasteiger partial charge on any atom is 0.135 e. The Hall–Kier alpha value is -1.48. The molecule has 0 aliphatic rings. The summed E-state index contributed by atoms with van der Waals surface area (Å²) >= 11 is 0. The summed E-state index contributed by atoms with van der Waals surface area (Å²) in [4.78, 5) is 2.20. The summed E-state index contributed by atoms with van der Waals surface area (Å²) in [5.74, 6) is 0.891. The molecule has 0 amide bonds. The fourth-order valence-corrected chi connectivity index (χ4v) is 1.82. The number of likely N-dealkylation sites (N-methyl/N-ethyl adjacent to an activating group) is 1. The first-order valence-corrected chi connectivity index (χ1v) is 7.49. The summed E-state index contributed by atoms with van der Waals surface area (Å²) in [5.41, 5.74) is 2.65. The van der Waals surface area contributed by atoms with Crippen molar-refractivity contribution in [2.45, 2.75) is 34.1 Å². The third-order valence-electron chi connectivity index (χ3n) is 2.78. The van der Waals surface area contributed by atoms with Gasteiger partial charge in [0.25, 0.3) is 0 Å². The summed E-state index contributed by atoms with van der Waals surface area (Å²) in [6.45, 7) is 9.08. The Kier molecular flexibility index (Phi) is 9.56. The summed E-state index contributed by atoms with van der Waals surface area (Å²) < 4.78 is 7.32. The van der Waals surface area contributed by atoms with E-state index in [9.17, 15) is 0 Å². The Bertz CT molecular complexity index is 475. The topological polar surface area (TPSA) is 16.9 Å². The van der Waals surface area contributed by atoms with E-state index >= 15 is 0 Å². The molecule has 3 nitrogen and oxygen atoms in total. The van der Waals surface area contributed by atoms with Gasteiger partial charge in [-0.1, -0.05) is 27.7 Å². The molecule has 0 aromatic carbocycles. The molecule has 0 spiro atoms. The van der Waals surface area contributed by atoms with Crippen molar-refractivity contribution in [1.29, 1.82) is 0 Å². The standard InChI is InChI=1S/C13H18N2O.2C2H6/c1-14(2)8-6-11-7-9-15-10-12(16-3)4-5-13(11)15;2*1-2/h4-5,7,9-10H,6,8H2,1-3H3;2*1-2H3. The Morgan fingerprint density at radius 1 is 1.05 bits per heavy atom. The SMILES string of the molecule is CC.CC.COc1ccc2c(CCN(C)C)ccn2c1. The third-order valence-corrected chi connectivity index (χ3v) is 2.78. The molecule has 0 aliphatic heterocycles. The minimum Gasteiger partial charge on any atom is -0.495 e. The quantitative estimate of drug-likeness (QED) is 0.837. The Morgan fingerprint density at radius 2 is 1.70 bits per heavy atom. The van der Waals surface area contributed by atoms with Gasteiger partial charge in [-0.25, -0.2) is 0 Å². The van der Waals surface area contributed by atoms with Crippen molar-refractivity contribution < 1.29 is 4.74 Å². The number of ether oxygens (including phenoxy) is 1. The van der Waals surface area contributed by atoms with Gasteiger partial charge in [-0.05, 0) is 44.3 Å². The first-order chi connectivity index (χ1) is 9.70. The Labute approximate surface area is 124 Å². The van der Waals surface area contributed by atoms with Crippen LogP contribution in [0, 0.1) is 0 Å². The average molecular weight is 278 g/mol. The minimum atomic E-state index is 0.891. The molecule has 0 fully saturated rings. The number of rotatable bonds is 4. The zero-order valence-corrected chi connectivity index (χ0v) is 14.1. The van der Waals surface area contributed by atoms with Gasteiger partial charge in [0.2, 0.25) is 0 Å². The van der Waals surface area contributed by atoms with E-state index in [2.05, 4.69) is 41.7 Å². The molecule has 2 aromatic heterocycles. The normalized spacial score (nSPS) is 9.60. The zero-order chi connectivity index (χ0) is 15.5. The molecule has 0 atom stereocenters. The summed E-state index contributed by atoms with van der Waals surface area (Å²) in [5, 5.41) is 0. The highest BCUT2D eigenvalue weighted by atomic mass is 16.5. The fourth-order valence-electron chi connectivity index (χ4n) is 1.82. The number of pyridine rings is 1. The van der Waals surface area contributed by atoms with Crippen LogP contribution in [-0.2, 0) is 6.42 Å². The van der Waals surface area contributed by atoms with Crippen molar-refractivity contribution in [3.05, 3.63) is 36.2 Å². The van der Waals surface area contributed by atoms with E-state index in [4.69, 9.17) is 4.74 Å². The van der Waals surface area contributed by atoms with Gasteiger partial charge >= 0.3 is 0 Å². The van der Waals surface area contributed by atoms with E-state index in [1.54, 1.807) is 7.11 Å². The van der Waals surface area contributed by atoms with Crippen LogP contribution in [-0.4, -0.2) is 37.1 Å². The second kappa shape index (κ2) is 10.3. The zero-order valence-electron chi connectivity index (χ0n) is 14.1. The van der Waals surface area contributed by atoms with Gasteiger partial charge in [0.05, 0.1) is 13.3 Å². The van der Waals surface area contributed by atoms with Gasteiger partial charge in [0, 0.05) is 18.3 Å². The highest BCUT2D eigenvalue weighted by Gasteiger charge is 2.03. The van der Waals surface area contributed by atoms with Crippen LogP contribution in [0.1, 0.15) is 33.3 Å². The number of methoxy groups -OCH3 is 1. The molecule has 0 unspecified atom stereocenters. The maximum atomic E-state index is 5.20. The molecule has 20 heavy (non-hydrogen) atoms.